The first kappa shape index (κ1) is 32.7. The lowest BCUT2D eigenvalue weighted by atomic mass is 10.0. The molecule has 0 aliphatic carbocycles. The largest absolute Gasteiger partial charge is 0.350 e. The summed E-state index contributed by atoms with van der Waals surface area (Å²) in [5.74, 6) is 0.897. The second kappa shape index (κ2) is 13.0. The lowest BCUT2D eigenvalue weighted by Gasteiger charge is -2.32. The number of thiophene rings is 2. The maximum absolute atomic E-state index is 5.19. The Morgan fingerprint density at radius 2 is 1.02 bits per heavy atom. The van der Waals surface area contributed by atoms with E-state index >= 15 is 0 Å². The van der Waals surface area contributed by atoms with Gasteiger partial charge in [0.2, 0.25) is 0 Å². The van der Waals surface area contributed by atoms with Gasteiger partial charge in [-0.2, -0.15) is 0 Å². The third-order valence-corrected chi connectivity index (χ3v) is 13.7. The highest BCUT2D eigenvalue weighted by Gasteiger charge is 2.26. The average Bonchev–Trinajstić information content (AvgIpc) is 3.95. The minimum absolute atomic E-state index is 0.0648. The highest BCUT2D eigenvalue weighted by Crippen LogP contribution is 2.42. The molecule has 57 heavy (non-hydrogen) atoms. The van der Waals surface area contributed by atoms with Crippen molar-refractivity contribution in [2.24, 2.45) is 4.99 Å². The Morgan fingerprint density at radius 1 is 0.421 bits per heavy atom. The van der Waals surface area contributed by atoms with Gasteiger partial charge in [0, 0.05) is 62.4 Å². The minimum Gasteiger partial charge on any atom is -0.350 e. The molecular weight excluding hydrogens is 733 g/mol. The summed E-state index contributed by atoms with van der Waals surface area (Å²) in [6, 6.07) is 66.2. The Hall–Kier alpha value is -6.57. The standard InChI is InChI=1S/C51H34N4S2/c1-3-11-31(12-4-1)49-52-50(32-13-5-2-6-14-32)54-51(53-49)35-20-24-39-41-27-33(21-25-45(41)56-48(39)29-35)34-19-23-40-42-30-36(22-26-46(42)57-47(40)28-34)55-43-17-9-7-15-37(43)38-16-8-10-18-44(38)55/h1-30,49,51,53H,(H,52,54). The summed E-state index contributed by atoms with van der Waals surface area (Å²) in [4.78, 5) is 5.19. The highest BCUT2D eigenvalue weighted by atomic mass is 32.1. The predicted octanol–water partition coefficient (Wildman–Crippen LogP) is 13.5. The summed E-state index contributed by atoms with van der Waals surface area (Å²) in [5.41, 5.74) is 9.55. The van der Waals surface area contributed by atoms with Crippen LogP contribution in [0.2, 0.25) is 0 Å². The van der Waals surface area contributed by atoms with Crippen molar-refractivity contribution < 1.29 is 0 Å². The van der Waals surface area contributed by atoms with E-state index in [0.717, 1.165) is 17.0 Å². The Balaban J connectivity index is 0.899. The fourth-order valence-electron chi connectivity index (χ4n) is 8.72. The van der Waals surface area contributed by atoms with E-state index in [-0.39, 0.29) is 12.3 Å². The van der Waals surface area contributed by atoms with Crippen LogP contribution < -0.4 is 10.6 Å². The lowest BCUT2D eigenvalue weighted by Crippen LogP contribution is -2.44. The van der Waals surface area contributed by atoms with Crippen LogP contribution in [-0.2, 0) is 0 Å². The third kappa shape index (κ3) is 5.41. The SMILES string of the molecule is c1ccc(C2=NC(c3ccc4c(c3)sc3ccc(-c5ccc6c(c5)sc5ccc(-n7c8ccccc8c8ccccc87)cc56)cc34)NC(c3ccccc3)N2)cc1. The summed E-state index contributed by atoms with van der Waals surface area (Å²) < 4.78 is 7.58. The minimum atomic E-state index is -0.192. The molecule has 4 heterocycles. The number of fused-ring (bicyclic) bond motifs is 9. The van der Waals surface area contributed by atoms with Crippen LogP contribution in [-0.4, -0.2) is 10.4 Å². The predicted molar refractivity (Wildman–Crippen MR) is 243 cm³/mol. The van der Waals surface area contributed by atoms with E-state index in [1.165, 1.54) is 84.5 Å². The van der Waals surface area contributed by atoms with Crippen molar-refractivity contribution in [1.29, 1.82) is 0 Å². The molecule has 6 heteroatoms. The number of nitrogens with one attached hydrogen (secondary N) is 2. The Morgan fingerprint density at radius 3 is 1.77 bits per heavy atom. The molecule has 0 amide bonds. The molecule has 1 aliphatic rings. The maximum Gasteiger partial charge on any atom is 0.131 e. The average molecular weight is 767 g/mol. The Kier molecular flexibility index (Phi) is 7.45. The molecule has 1 aliphatic heterocycles. The van der Waals surface area contributed by atoms with Crippen LogP contribution in [0.15, 0.2) is 187 Å². The summed E-state index contributed by atoms with van der Waals surface area (Å²) in [7, 11) is 0. The second-order valence-corrected chi connectivity index (χ2v) is 17.0. The topological polar surface area (TPSA) is 41.4 Å². The van der Waals surface area contributed by atoms with Crippen molar-refractivity contribution in [3.05, 3.63) is 199 Å². The molecule has 0 spiro atoms. The summed E-state index contributed by atoms with van der Waals surface area (Å²) >= 11 is 3.73. The van der Waals surface area contributed by atoms with Gasteiger partial charge in [0.05, 0.1) is 11.0 Å². The van der Waals surface area contributed by atoms with Gasteiger partial charge in [0.25, 0.3) is 0 Å². The molecule has 12 rings (SSSR count). The fourth-order valence-corrected chi connectivity index (χ4v) is 11.0. The monoisotopic (exact) mass is 766 g/mol. The summed E-state index contributed by atoms with van der Waals surface area (Å²) in [6.45, 7) is 0. The van der Waals surface area contributed by atoms with E-state index in [4.69, 9.17) is 4.99 Å². The van der Waals surface area contributed by atoms with Gasteiger partial charge in [-0.1, -0.05) is 127 Å². The van der Waals surface area contributed by atoms with E-state index in [0.29, 0.717) is 0 Å². The van der Waals surface area contributed by atoms with Gasteiger partial charge in [-0.05, 0) is 76.9 Å². The zero-order valence-corrected chi connectivity index (χ0v) is 32.3. The quantitative estimate of drug-likeness (QED) is 0.183. The number of hydrogen-bond donors (Lipinski definition) is 2. The van der Waals surface area contributed by atoms with Gasteiger partial charge in [-0.15, -0.1) is 22.7 Å². The number of rotatable bonds is 5. The molecule has 11 aromatic rings. The van der Waals surface area contributed by atoms with Gasteiger partial charge in [-0.3, -0.25) is 5.32 Å². The van der Waals surface area contributed by atoms with Gasteiger partial charge >= 0.3 is 0 Å². The number of amidine groups is 1. The van der Waals surface area contributed by atoms with E-state index < -0.39 is 0 Å². The van der Waals surface area contributed by atoms with Crippen molar-refractivity contribution in [3.63, 3.8) is 0 Å². The first-order valence-electron chi connectivity index (χ1n) is 19.3. The highest BCUT2D eigenvalue weighted by molar-refractivity contribution is 7.26. The van der Waals surface area contributed by atoms with Gasteiger partial charge in [-0.25, -0.2) is 4.99 Å². The second-order valence-electron chi connectivity index (χ2n) is 14.8. The molecule has 2 N–H and O–H groups in total. The van der Waals surface area contributed by atoms with E-state index in [2.05, 4.69) is 191 Å². The van der Waals surface area contributed by atoms with Gasteiger partial charge in [0.1, 0.15) is 18.2 Å². The maximum atomic E-state index is 5.19. The van der Waals surface area contributed by atoms with Crippen molar-refractivity contribution >= 4 is 90.7 Å². The Bertz CT molecular complexity index is 3320. The lowest BCUT2D eigenvalue weighted by molar-refractivity contribution is 0.409. The molecule has 0 radical (unpaired) electrons. The molecule has 3 aromatic heterocycles. The van der Waals surface area contributed by atoms with Crippen LogP contribution in [0.1, 0.15) is 29.0 Å². The molecule has 0 fully saturated rings. The van der Waals surface area contributed by atoms with E-state index in [9.17, 15) is 0 Å². The third-order valence-electron chi connectivity index (χ3n) is 11.5. The zero-order valence-electron chi connectivity index (χ0n) is 30.7. The Labute approximate surface area is 337 Å². The number of hydrogen-bond acceptors (Lipinski definition) is 5. The molecule has 4 nitrogen and oxygen atoms in total. The number of nitrogens with zero attached hydrogens (tertiary/aromatic N) is 2. The zero-order chi connectivity index (χ0) is 37.5. The van der Waals surface area contributed by atoms with Crippen LogP contribution >= 0.6 is 22.7 Å². The van der Waals surface area contributed by atoms with Crippen molar-refractivity contribution in [3.8, 4) is 16.8 Å². The van der Waals surface area contributed by atoms with E-state index in [1.54, 1.807) is 0 Å². The molecule has 8 aromatic carbocycles. The number of aromatic nitrogens is 1. The molecule has 0 saturated carbocycles. The molecular formula is C51H34N4S2. The first-order valence-corrected chi connectivity index (χ1v) is 21.0. The number of aliphatic imine (C=N–C) groups is 1. The molecule has 2 unspecified atom stereocenters. The van der Waals surface area contributed by atoms with Gasteiger partial charge < -0.3 is 9.88 Å². The fraction of sp³-hybridized carbons (Fsp3) is 0.0392. The molecule has 2 atom stereocenters. The molecule has 270 valence electrons. The number of para-hydroxylation sites is 2. The normalized spacial score (nSPS) is 15.9. The number of benzene rings is 8. The van der Waals surface area contributed by atoms with Crippen molar-refractivity contribution in [2.45, 2.75) is 12.3 Å². The molecule has 0 saturated heterocycles. The summed E-state index contributed by atoms with van der Waals surface area (Å²) in [5, 5.41) is 15.2. The molecule has 0 bridgehead atoms. The van der Waals surface area contributed by atoms with Crippen LogP contribution in [0.3, 0.4) is 0 Å². The van der Waals surface area contributed by atoms with Crippen molar-refractivity contribution in [2.75, 3.05) is 0 Å². The van der Waals surface area contributed by atoms with E-state index in [1.807, 2.05) is 28.7 Å². The van der Waals surface area contributed by atoms with Crippen LogP contribution in [0.4, 0.5) is 0 Å². The van der Waals surface area contributed by atoms with Gasteiger partial charge in [0.15, 0.2) is 0 Å². The summed E-state index contributed by atoms with van der Waals surface area (Å²) in [6.07, 6.45) is -0.257. The van der Waals surface area contributed by atoms with Crippen LogP contribution in [0.5, 0.6) is 0 Å². The smallest absolute Gasteiger partial charge is 0.131 e. The van der Waals surface area contributed by atoms with Crippen LogP contribution in [0, 0.1) is 0 Å². The first-order chi connectivity index (χ1) is 28.2. The van der Waals surface area contributed by atoms with Crippen molar-refractivity contribution in [1.82, 2.24) is 15.2 Å². The van der Waals surface area contributed by atoms with Crippen LogP contribution in [0.25, 0.3) is 79.0 Å².